The molecule has 33 heavy (non-hydrogen) atoms. The molecule has 1 saturated heterocycles. The summed E-state index contributed by atoms with van der Waals surface area (Å²) in [7, 11) is 1.49. The first-order chi connectivity index (χ1) is 15.9. The average Bonchev–Trinajstić information content (AvgIpc) is 3.43. The van der Waals surface area contributed by atoms with E-state index in [1.807, 2.05) is 26.0 Å². The number of hydrogen-bond acceptors (Lipinski definition) is 7. The summed E-state index contributed by atoms with van der Waals surface area (Å²) < 4.78 is 23.5. The predicted octanol–water partition coefficient (Wildman–Crippen LogP) is 3.63. The monoisotopic (exact) mass is 452 g/mol. The molecule has 1 fully saturated rings. The van der Waals surface area contributed by atoms with Gasteiger partial charge in [0.05, 0.1) is 13.2 Å². The molecule has 0 saturated carbocycles. The third-order valence-electron chi connectivity index (χ3n) is 5.52. The van der Waals surface area contributed by atoms with Crippen LogP contribution in [0, 0.1) is 25.2 Å². The number of carbonyl (C=O) groups is 2. The molecule has 3 rings (SSSR count). The first-order valence-corrected chi connectivity index (χ1v) is 10.8. The zero-order valence-corrected chi connectivity index (χ0v) is 19.1. The van der Waals surface area contributed by atoms with Gasteiger partial charge < -0.3 is 23.5 Å². The van der Waals surface area contributed by atoms with Crippen LogP contribution in [0.5, 0.6) is 11.5 Å². The van der Waals surface area contributed by atoms with Crippen molar-refractivity contribution in [2.45, 2.75) is 39.3 Å². The Bertz CT molecular complexity index is 1070. The van der Waals surface area contributed by atoms with Gasteiger partial charge in [-0.15, -0.1) is 0 Å². The minimum atomic E-state index is -0.625. The fourth-order valence-corrected chi connectivity index (χ4v) is 3.80. The van der Waals surface area contributed by atoms with Crippen LogP contribution in [0.1, 0.15) is 40.2 Å². The Morgan fingerprint density at radius 1 is 1.27 bits per heavy atom. The lowest BCUT2D eigenvalue weighted by Crippen LogP contribution is -2.18. The van der Waals surface area contributed by atoms with Gasteiger partial charge in [0.2, 0.25) is 5.78 Å². The average molecular weight is 453 g/mol. The fraction of sp³-hybridized carbons (Fsp3) is 0.400. The van der Waals surface area contributed by atoms with Crippen molar-refractivity contribution in [2.75, 3.05) is 26.9 Å². The molecule has 0 bridgehead atoms. The maximum atomic E-state index is 12.7. The fourth-order valence-electron chi connectivity index (χ4n) is 3.80. The Kier molecular flexibility index (Phi) is 8.28. The van der Waals surface area contributed by atoms with Gasteiger partial charge in [-0.2, -0.15) is 5.26 Å². The molecule has 0 aliphatic carbocycles. The number of aryl methyl sites for hydroxylation is 1. The summed E-state index contributed by atoms with van der Waals surface area (Å²) in [5.74, 6) is 0.000152. The predicted molar refractivity (Wildman–Crippen MR) is 121 cm³/mol. The maximum Gasteiger partial charge on any atom is 0.331 e. The van der Waals surface area contributed by atoms with Crippen molar-refractivity contribution in [3.8, 4) is 17.6 Å². The number of methoxy groups -OCH3 is 1. The summed E-state index contributed by atoms with van der Waals surface area (Å²) in [5.41, 5.74) is 3.07. The SMILES string of the molecule is COc1cc(/C=C/C(=O)OCC(=O)c2cc(C)n(CC3CCCO3)c2C)ccc1OCC#N. The Hall–Kier alpha value is -3.57. The number of ketones is 1. The first-order valence-electron chi connectivity index (χ1n) is 10.8. The quantitative estimate of drug-likeness (QED) is 0.308. The lowest BCUT2D eigenvalue weighted by atomic mass is 10.1. The number of benzene rings is 1. The number of carbonyl (C=O) groups excluding carboxylic acids is 2. The zero-order chi connectivity index (χ0) is 23.8. The molecular formula is C25H28N2O6. The first kappa shape index (κ1) is 24.1. The Balaban J connectivity index is 1.57. The van der Waals surface area contributed by atoms with Gasteiger partial charge in [0, 0.05) is 36.2 Å². The molecule has 8 nitrogen and oxygen atoms in total. The molecule has 174 valence electrons. The molecule has 1 aliphatic rings. The molecule has 0 radical (unpaired) electrons. The van der Waals surface area contributed by atoms with Gasteiger partial charge in [-0.25, -0.2) is 4.79 Å². The Morgan fingerprint density at radius 2 is 2.09 bits per heavy atom. The summed E-state index contributed by atoms with van der Waals surface area (Å²) in [6.45, 7) is 4.93. The van der Waals surface area contributed by atoms with Crippen LogP contribution in [0.3, 0.4) is 0 Å². The lowest BCUT2D eigenvalue weighted by Gasteiger charge is -2.14. The number of esters is 1. The standard InChI is InChI=1S/C25H28N2O6/c1-17-13-21(18(2)27(17)15-20-5-4-11-31-20)22(28)16-33-25(29)9-7-19-6-8-23(32-12-10-26)24(14-19)30-3/h6-9,13-14,20H,4-5,11-12,15-16H2,1-3H3/b9-7+. The molecule has 1 aliphatic heterocycles. The van der Waals surface area contributed by atoms with Gasteiger partial charge in [0.25, 0.3) is 0 Å². The largest absolute Gasteiger partial charge is 0.493 e. The second kappa shape index (κ2) is 11.3. The third kappa shape index (κ3) is 6.24. The van der Waals surface area contributed by atoms with E-state index in [0.717, 1.165) is 37.4 Å². The van der Waals surface area contributed by atoms with E-state index in [9.17, 15) is 9.59 Å². The van der Waals surface area contributed by atoms with E-state index in [4.69, 9.17) is 24.2 Å². The van der Waals surface area contributed by atoms with Gasteiger partial charge >= 0.3 is 5.97 Å². The van der Waals surface area contributed by atoms with E-state index < -0.39 is 5.97 Å². The van der Waals surface area contributed by atoms with Gasteiger partial charge in [-0.05, 0) is 56.5 Å². The molecule has 2 heterocycles. The molecule has 1 aromatic carbocycles. The number of nitriles is 1. The van der Waals surface area contributed by atoms with Crippen LogP contribution < -0.4 is 9.47 Å². The lowest BCUT2D eigenvalue weighted by molar-refractivity contribution is -0.136. The van der Waals surface area contributed by atoms with Crippen molar-refractivity contribution >= 4 is 17.8 Å². The van der Waals surface area contributed by atoms with Gasteiger partial charge in [-0.1, -0.05) is 6.07 Å². The van der Waals surface area contributed by atoms with Crippen molar-refractivity contribution in [2.24, 2.45) is 0 Å². The molecule has 0 N–H and O–H groups in total. The third-order valence-corrected chi connectivity index (χ3v) is 5.52. The van der Waals surface area contributed by atoms with Gasteiger partial charge in [0.15, 0.2) is 24.7 Å². The molecular weight excluding hydrogens is 424 g/mol. The number of hydrogen-bond donors (Lipinski definition) is 0. The Morgan fingerprint density at radius 3 is 2.79 bits per heavy atom. The number of aromatic nitrogens is 1. The number of rotatable bonds is 10. The molecule has 8 heteroatoms. The maximum absolute atomic E-state index is 12.7. The highest BCUT2D eigenvalue weighted by Crippen LogP contribution is 2.28. The van der Waals surface area contributed by atoms with E-state index >= 15 is 0 Å². The number of nitrogens with zero attached hydrogens (tertiary/aromatic N) is 2. The van der Waals surface area contributed by atoms with Crippen LogP contribution in [-0.2, 0) is 20.8 Å². The summed E-state index contributed by atoms with van der Waals surface area (Å²) >= 11 is 0. The zero-order valence-electron chi connectivity index (χ0n) is 19.1. The van der Waals surface area contributed by atoms with E-state index in [1.54, 1.807) is 24.3 Å². The van der Waals surface area contributed by atoms with Crippen molar-refractivity contribution in [1.82, 2.24) is 4.57 Å². The highest BCUT2D eigenvalue weighted by Gasteiger charge is 2.21. The molecule has 1 aromatic heterocycles. The van der Waals surface area contributed by atoms with E-state index in [-0.39, 0.29) is 25.1 Å². The topological polar surface area (TPSA) is 99.8 Å². The molecule has 1 atom stereocenters. The molecule has 2 aromatic rings. The van der Waals surface area contributed by atoms with Gasteiger partial charge in [-0.3, -0.25) is 4.79 Å². The Labute approximate surface area is 193 Å². The smallest absolute Gasteiger partial charge is 0.331 e. The summed E-state index contributed by atoms with van der Waals surface area (Å²) in [4.78, 5) is 24.8. The van der Waals surface area contributed by atoms with Crippen LogP contribution >= 0.6 is 0 Å². The van der Waals surface area contributed by atoms with Crippen LogP contribution in [-0.4, -0.2) is 49.4 Å². The van der Waals surface area contributed by atoms with Crippen molar-refractivity contribution < 1.29 is 28.5 Å². The molecule has 0 amide bonds. The van der Waals surface area contributed by atoms with Crippen LogP contribution in [0.15, 0.2) is 30.3 Å². The number of ether oxygens (including phenoxy) is 4. The van der Waals surface area contributed by atoms with Gasteiger partial charge in [0.1, 0.15) is 6.07 Å². The summed E-state index contributed by atoms with van der Waals surface area (Å²) in [6, 6.07) is 8.76. The number of Topliss-reactive ketones (excluding diaryl/α,β-unsaturated/α-hetero) is 1. The normalized spacial score (nSPS) is 15.4. The van der Waals surface area contributed by atoms with Crippen LogP contribution in [0.25, 0.3) is 6.08 Å². The minimum Gasteiger partial charge on any atom is -0.493 e. The van der Waals surface area contributed by atoms with Crippen LogP contribution in [0.2, 0.25) is 0 Å². The van der Waals surface area contributed by atoms with Crippen LogP contribution in [0.4, 0.5) is 0 Å². The summed E-state index contributed by atoms with van der Waals surface area (Å²) in [5, 5.41) is 8.63. The van der Waals surface area contributed by atoms with E-state index in [2.05, 4.69) is 4.57 Å². The highest BCUT2D eigenvalue weighted by molar-refractivity contribution is 6.00. The highest BCUT2D eigenvalue weighted by atomic mass is 16.5. The van der Waals surface area contributed by atoms with Crippen molar-refractivity contribution in [1.29, 1.82) is 5.26 Å². The van der Waals surface area contributed by atoms with E-state index in [0.29, 0.717) is 22.6 Å². The molecule has 1 unspecified atom stereocenters. The minimum absolute atomic E-state index is 0.0946. The summed E-state index contributed by atoms with van der Waals surface area (Å²) in [6.07, 6.45) is 5.05. The van der Waals surface area contributed by atoms with Crippen molar-refractivity contribution in [3.63, 3.8) is 0 Å². The van der Waals surface area contributed by atoms with E-state index in [1.165, 1.54) is 13.2 Å². The second-order valence-electron chi connectivity index (χ2n) is 7.75. The molecule has 0 spiro atoms. The second-order valence-corrected chi connectivity index (χ2v) is 7.75. The van der Waals surface area contributed by atoms with Crippen molar-refractivity contribution in [3.05, 3.63) is 52.9 Å².